The van der Waals surface area contributed by atoms with E-state index in [2.05, 4.69) is 0 Å². The van der Waals surface area contributed by atoms with Gasteiger partial charge in [0.25, 0.3) is 0 Å². The standard InChI is InChI=1S/C30H41N3O5S/c1-24-12-14-25(15-13-24)22-33(27-16-18-31(19-17-27)30(35)26-8-6-7-9-26)29(34)23-32(20-21-38-2)39(36,37)28-10-4-3-5-11-28/h3-5,10-15,26-27H,6-9,16-23H2,1-2H3. The smallest absolute Gasteiger partial charge is 0.243 e. The first-order valence-corrected chi connectivity index (χ1v) is 15.4. The molecule has 1 heterocycles. The third-order valence-corrected chi connectivity index (χ3v) is 9.81. The summed E-state index contributed by atoms with van der Waals surface area (Å²) in [6, 6.07) is 16.2. The van der Waals surface area contributed by atoms with Crippen LogP contribution in [0.5, 0.6) is 0 Å². The number of sulfonamides is 1. The van der Waals surface area contributed by atoms with Crippen molar-refractivity contribution in [1.29, 1.82) is 0 Å². The second kappa shape index (κ2) is 13.5. The number of ether oxygens (including phenoxy) is 1. The molecule has 0 unspecified atom stereocenters. The summed E-state index contributed by atoms with van der Waals surface area (Å²) in [7, 11) is -2.37. The van der Waals surface area contributed by atoms with Crippen LogP contribution in [0.1, 0.15) is 49.7 Å². The van der Waals surface area contributed by atoms with E-state index in [4.69, 9.17) is 4.74 Å². The fraction of sp³-hybridized carbons (Fsp3) is 0.533. The summed E-state index contributed by atoms with van der Waals surface area (Å²) in [5, 5.41) is 0. The molecule has 0 bridgehead atoms. The third-order valence-electron chi connectivity index (χ3n) is 7.95. The first kappa shape index (κ1) is 29.2. The van der Waals surface area contributed by atoms with Gasteiger partial charge in [0.15, 0.2) is 0 Å². The number of rotatable bonds is 11. The van der Waals surface area contributed by atoms with Crippen LogP contribution in [0.2, 0.25) is 0 Å². The average Bonchev–Trinajstić information content (AvgIpc) is 3.50. The second-order valence-electron chi connectivity index (χ2n) is 10.7. The molecule has 212 valence electrons. The van der Waals surface area contributed by atoms with Gasteiger partial charge in [-0.2, -0.15) is 4.31 Å². The molecule has 1 aliphatic heterocycles. The minimum Gasteiger partial charge on any atom is -0.383 e. The largest absolute Gasteiger partial charge is 0.383 e. The van der Waals surface area contributed by atoms with Crippen LogP contribution < -0.4 is 0 Å². The van der Waals surface area contributed by atoms with Crippen LogP contribution >= 0.6 is 0 Å². The topological polar surface area (TPSA) is 87.2 Å². The Kier molecular flexibility index (Phi) is 10.2. The summed E-state index contributed by atoms with van der Waals surface area (Å²) in [6.45, 7) is 3.63. The molecule has 2 aromatic carbocycles. The van der Waals surface area contributed by atoms with E-state index in [0.29, 0.717) is 32.5 Å². The van der Waals surface area contributed by atoms with Crippen molar-refractivity contribution in [3.05, 3.63) is 65.7 Å². The quantitative estimate of drug-likeness (QED) is 0.421. The lowest BCUT2D eigenvalue weighted by Crippen LogP contribution is -2.52. The van der Waals surface area contributed by atoms with E-state index in [1.807, 2.05) is 41.0 Å². The van der Waals surface area contributed by atoms with Crippen molar-refractivity contribution >= 4 is 21.8 Å². The van der Waals surface area contributed by atoms with Crippen LogP contribution in [0.4, 0.5) is 0 Å². The first-order chi connectivity index (χ1) is 18.8. The number of nitrogens with zero attached hydrogens (tertiary/aromatic N) is 3. The van der Waals surface area contributed by atoms with Gasteiger partial charge in [-0.1, -0.05) is 60.9 Å². The summed E-state index contributed by atoms with van der Waals surface area (Å²) in [5.41, 5.74) is 2.13. The van der Waals surface area contributed by atoms with Crippen LogP contribution in [0.15, 0.2) is 59.5 Å². The molecule has 9 heteroatoms. The highest BCUT2D eigenvalue weighted by molar-refractivity contribution is 7.89. The SMILES string of the molecule is COCCN(CC(=O)N(Cc1ccc(C)cc1)C1CCN(C(=O)C2CCCC2)CC1)S(=O)(=O)c1ccccc1. The molecule has 2 amide bonds. The van der Waals surface area contributed by atoms with E-state index in [9.17, 15) is 18.0 Å². The fourth-order valence-corrected chi connectivity index (χ4v) is 7.00. The number of hydrogen-bond donors (Lipinski definition) is 0. The number of aryl methyl sites for hydroxylation is 1. The fourth-order valence-electron chi connectivity index (χ4n) is 5.60. The lowest BCUT2D eigenvalue weighted by Gasteiger charge is -2.40. The van der Waals surface area contributed by atoms with E-state index in [1.54, 1.807) is 30.3 Å². The monoisotopic (exact) mass is 555 g/mol. The van der Waals surface area contributed by atoms with Crippen LogP contribution in [-0.2, 0) is 30.9 Å². The van der Waals surface area contributed by atoms with Crippen LogP contribution in [0.3, 0.4) is 0 Å². The summed E-state index contributed by atoms with van der Waals surface area (Å²) in [6.07, 6.45) is 5.56. The van der Waals surface area contributed by atoms with Gasteiger partial charge in [-0.15, -0.1) is 0 Å². The molecule has 2 fully saturated rings. The van der Waals surface area contributed by atoms with Gasteiger partial charge in [0.2, 0.25) is 21.8 Å². The highest BCUT2D eigenvalue weighted by atomic mass is 32.2. The van der Waals surface area contributed by atoms with Crippen LogP contribution in [0.25, 0.3) is 0 Å². The molecule has 8 nitrogen and oxygen atoms in total. The van der Waals surface area contributed by atoms with Gasteiger partial charge in [-0.05, 0) is 50.3 Å². The predicted octanol–water partition coefficient (Wildman–Crippen LogP) is 3.84. The summed E-state index contributed by atoms with van der Waals surface area (Å²) >= 11 is 0. The predicted molar refractivity (Wildman–Crippen MR) is 150 cm³/mol. The maximum Gasteiger partial charge on any atom is 0.243 e. The molecule has 4 rings (SSSR count). The minimum absolute atomic E-state index is 0.0739. The second-order valence-corrected chi connectivity index (χ2v) is 12.6. The van der Waals surface area contributed by atoms with Gasteiger partial charge in [0.1, 0.15) is 0 Å². The molecule has 0 spiro atoms. The van der Waals surface area contributed by atoms with Crippen LogP contribution in [-0.4, -0.2) is 80.3 Å². The van der Waals surface area contributed by atoms with E-state index < -0.39 is 10.0 Å². The van der Waals surface area contributed by atoms with Gasteiger partial charge in [-0.3, -0.25) is 9.59 Å². The van der Waals surface area contributed by atoms with E-state index in [-0.39, 0.29) is 48.4 Å². The molecule has 2 aliphatic rings. The zero-order valence-corrected chi connectivity index (χ0v) is 23.9. The number of likely N-dealkylation sites (tertiary alicyclic amines) is 1. The maximum atomic E-state index is 13.9. The highest BCUT2D eigenvalue weighted by Gasteiger charge is 2.35. The number of piperidine rings is 1. The van der Waals surface area contributed by atoms with E-state index in [0.717, 1.165) is 36.8 Å². The van der Waals surface area contributed by atoms with Crippen molar-refractivity contribution in [3.63, 3.8) is 0 Å². The molecule has 1 saturated heterocycles. The number of amides is 2. The summed E-state index contributed by atoms with van der Waals surface area (Å²) in [5.74, 6) is 0.151. The van der Waals surface area contributed by atoms with Crippen molar-refractivity contribution in [1.82, 2.24) is 14.1 Å². The zero-order valence-electron chi connectivity index (χ0n) is 23.1. The molecule has 1 saturated carbocycles. The molecule has 0 radical (unpaired) electrons. The highest BCUT2D eigenvalue weighted by Crippen LogP contribution is 2.29. The molecular weight excluding hydrogens is 514 g/mol. The molecule has 1 aliphatic carbocycles. The number of benzene rings is 2. The molecule has 0 atom stereocenters. The van der Waals surface area contributed by atoms with Gasteiger partial charge in [0.05, 0.1) is 18.0 Å². The Balaban J connectivity index is 1.52. The molecule has 0 N–H and O–H groups in total. The number of methoxy groups -OCH3 is 1. The lowest BCUT2D eigenvalue weighted by atomic mass is 9.99. The van der Waals surface area contributed by atoms with Crippen molar-refractivity contribution in [2.75, 3.05) is 39.9 Å². The first-order valence-electron chi connectivity index (χ1n) is 14.0. The van der Waals surface area contributed by atoms with Crippen molar-refractivity contribution < 1.29 is 22.7 Å². The Morgan fingerprint density at radius 2 is 1.59 bits per heavy atom. The number of carbonyl (C=O) groups is 2. The van der Waals surface area contributed by atoms with Crippen molar-refractivity contribution in [2.24, 2.45) is 5.92 Å². The number of carbonyl (C=O) groups excluding carboxylic acids is 2. The Morgan fingerprint density at radius 3 is 2.21 bits per heavy atom. The normalized spacial score (nSPS) is 17.1. The third kappa shape index (κ3) is 7.47. The van der Waals surface area contributed by atoms with Gasteiger partial charge in [0, 0.05) is 45.2 Å². The van der Waals surface area contributed by atoms with E-state index in [1.165, 1.54) is 11.4 Å². The number of hydrogen-bond acceptors (Lipinski definition) is 5. The summed E-state index contributed by atoms with van der Waals surface area (Å²) in [4.78, 5) is 30.8. The Labute approximate surface area is 233 Å². The van der Waals surface area contributed by atoms with Crippen molar-refractivity contribution in [2.45, 2.75) is 62.9 Å². The Hall–Kier alpha value is -2.75. The Bertz CT molecular complexity index is 1190. The molecule has 39 heavy (non-hydrogen) atoms. The lowest BCUT2D eigenvalue weighted by molar-refractivity contribution is -0.139. The molecule has 2 aromatic rings. The van der Waals surface area contributed by atoms with Gasteiger partial charge < -0.3 is 14.5 Å². The van der Waals surface area contributed by atoms with Gasteiger partial charge in [-0.25, -0.2) is 8.42 Å². The average molecular weight is 556 g/mol. The van der Waals surface area contributed by atoms with Crippen molar-refractivity contribution in [3.8, 4) is 0 Å². The Morgan fingerprint density at radius 1 is 0.949 bits per heavy atom. The molecular formula is C30H41N3O5S. The van der Waals surface area contributed by atoms with Gasteiger partial charge >= 0.3 is 0 Å². The van der Waals surface area contributed by atoms with E-state index >= 15 is 0 Å². The minimum atomic E-state index is -3.89. The zero-order chi connectivity index (χ0) is 27.8. The summed E-state index contributed by atoms with van der Waals surface area (Å²) < 4.78 is 33.3. The maximum absolute atomic E-state index is 13.9. The molecule has 0 aromatic heterocycles. The van der Waals surface area contributed by atoms with Crippen LogP contribution in [0, 0.1) is 12.8 Å².